The van der Waals surface area contributed by atoms with E-state index in [1.165, 1.54) is 48.5 Å². The molecule has 3 aromatic carbocycles. The number of rotatable bonds is 4. The van der Waals surface area contributed by atoms with Crippen molar-refractivity contribution in [3.8, 4) is 11.5 Å². The molecule has 0 amide bonds. The molecule has 0 heterocycles. The number of hydrogen-bond acceptors (Lipinski definition) is 4. The molecular weight excluding hydrogens is 482 g/mol. The highest BCUT2D eigenvalue weighted by Gasteiger charge is 2.53. The van der Waals surface area contributed by atoms with Crippen molar-refractivity contribution in [3.05, 3.63) is 91.4 Å². The molecule has 3 aromatic rings. The minimum absolute atomic E-state index is 0.124. The fourth-order valence-electron chi connectivity index (χ4n) is 3.22. The van der Waals surface area contributed by atoms with Gasteiger partial charge in [-0.25, -0.2) is 0 Å². The molecule has 3 N–H and O–H groups in total. The first kappa shape index (κ1) is 22.0. The first-order chi connectivity index (χ1) is 13.5. The summed E-state index contributed by atoms with van der Waals surface area (Å²) >= 11 is 24.6. The van der Waals surface area contributed by atoms with Crippen LogP contribution < -0.4 is 0 Å². The largest absolute Gasteiger partial charge is 0.508 e. The van der Waals surface area contributed by atoms with Crippen molar-refractivity contribution in [2.75, 3.05) is 0 Å². The first-order valence-electron chi connectivity index (χ1n) is 7.91. The summed E-state index contributed by atoms with van der Waals surface area (Å²) in [5.41, 5.74) is -0.857. The van der Waals surface area contributed by atoms with E-state index in [-0.39, 0.29) is 36.8 Å². The number of benzene rings is 3. The highest BCUT2D eigenvalue weighted by atomic mass is 35.5. The Morgan fingerprint density at radius 1 is 0.690 bits per heavy atom. The summed E-state index contributed by atoms with van der Waals surface area (Å²) < 4.78 is 33.9. The van der Waals surface area contributed by atoms with Gasteiger partial charge in [-0.2, -0.15) is 8.42 Å². The summed E-state index contributed by atoms with van der Waals surface area (Å²) in [6.07, 6.45) is 0. The maximum atomic E-state index is 13.0. The van der Waals surface area contributed by atoms with Gasteiger partial charge in [-0.3, -0.25) is 4.55 Å². The molecule has 152 valence electrons. The lowest BCUT2D eigenvalue weighted by atomic mass is 9.83. The van der Waals surface area contributed by atoms with Crippen molar-refractivity contribution in [1.29, 1.82) is 0 Å². The molecule has 0 aromatic heterocycles. The number of halogens is 4. The lowest BCUT2D eigenvalue weighted by molar-refractivity contribution is 0.428. The molecule has 0 radical (unpaired) electrons. The Labute approximate surface area is 186 Å². The summed E-state index contributed by atoms with van der Waals surface area (Å²) in [6, 6.07) is 11.9. The predicted octanol–water partition coefficient (Wildman–Crippen LogP) is 5.89. The van der Waals surface area contributed by atoms with Gasteiger partial charge in [-0.15, -0.1) is 0 Å². The zero-order valence-electron chi connectivity index (χ0n) is 14.3. The van der Waals surface area contributed by atoms with Gasteiger partial charge in [0.1, 0.15) is 11.5 Å². The van der Waals surface area contributed by atoms with Crippen LogP contribution in [0.2, 0.25) is 20.1 Å². The van der Waals surface area contributed by atoms with E-state index >= 15 is 0 Å². The number of phenolic OH excluding ortho intramolecular Hbond substituents is 2. The smallest absolute Gasteiger partial charge is 0.283 e. The first-order valence-corrected chi connectivity index (χ1v) is 10.9. The number of para-hydroxylation sites is 2. The molecule has 10 heteroatoms. The van der Waals surface area contributed by atoms with Crippen molar-refractivity contribution in [2.24, 2.45) is 0 Å². The van der Waals surface area contributed by atoms with Crippen LogP contribution in [0, 0.1) is 0 Å². The van der Waals surface area contributed by atoms with Gasteiger partial charge in [-0.1, -0.05) is 82.8 Å². The van der Waals surface area contributed by atoms with E-state index in [4.69, 9.17) is 46.4 Å². The Hall–Kier alpha value is -1.67. The second-order valence-electron chi connectivity index (χ2n) is 6.04. The molecule has 0 aliphatic rings. The van der Waals surface area contributed by atoms with Crippen molar-refractivity contribution in [2.45, 2.75) is 4.75 Å². The van der Waals surface area contributed by atoms with Crippen LogP contribution in [0.15, 0.2) is 54.6 Å². The zero-order chi connectivity index (χ0) is 21.6. The van der Waals surface area contributed by atoms with Crippen LogP contribution in [0.5, 0.6) is 11.5 Å². The molecule has 0 bridgehead atoms. The van der Waals surface area contributed by atoms with E-state index in [0.717, 1.165) is 6.07 Å². The molecule has 0 saturated carbocycles. The van der Waals surface area contributed by atoms with E-state index in [1.54, 1.807) is 0 Å². The second-order valence-corrected chi connectivity index (χ2v) is 9.14. The van der Waals surface area contributed by atoms with Crippen LogP contribution >= 0.6 is 46.4 Å². The summed E-state index contributed by atoms with van der Waals surface area (Å²) in [5.74, 6) is -0.960. The van der Waals surface area contributed by atoms with E-state index in [9.17, 15) is 23.2 Å². The number of hydrogen-bond donors (Lipinski definition) is 3. The third-order valence-electron chi connectivity index (χ3n) is 4.44. The average molecular weight is 494 g/mol. The third kappa shape index (κ3) is 3.44. The van der Waals surface area contributed by atoms with Gasteiger partial charge in [-0.05, 0) is 18.2 Å². The van der Waals surface area contributed by atoms with Crippen molar-refractivity contribution < 1.29 is 23.2 Å². The maximum absolute atomic E-state index is 13.0. The SMILES string of the molecule is O=S(=O)(O)C(c1ccccc1O)(c1ccccc1O)c1cc(Cl)c(Cl)c(Cl)c1Cl. The van der Waals surface area contributed by atoms with E-state index in [1.807, 2.05) is 0 Å². The molecule has 0 aliphatic heterocycles. The quantitative estimate of drug-likeness (QED) is 0.182. The summed E-state index contributed by atoms with van der Waals surface area (Å²) in [7, 11) is -5.16. The second kappa shape index (κ2) is 7.87. The molecular formula is C19H12Cl4O5S. The van der Waals surface area contributed by atoms with Gasteiger partial charge >= 0.3 is 0 Å². The molecule has 5 nitrogen and oxygen atoms in total. The average Bonchev–Trinajstić information content (AvgIpc) is 2.66. The summed E-state index contributed by atoms with van der Waals surface area (Å²) in [4.78, 5) is 0. The Morgan fingerprint density at radius 3 is 1.55 bits per heavy atom. The minimum atomic E-state index is -5.16. The van der Waals surface area contributed by atoms with Crippen molar-refractivity contribution in [3.63, 3.8) is 0 Å². The molecule has 0 fully saturated rings. The standard InChI is InChI=1S/C19H12Cl4O5S/c20-13-9-12(16(21)18(23)17(13)22)19(29(26,27)28,10-5-1-3-7-14(10)24)11-6-2-4-8-15(11)25/h1-9,24-25H,(H,26,27,28). The zero-order valence-corrected chi connectivity index (χ0v) is 18.1. The number of aromatic hydroxyl groups is 2. The van der Waals surface area contributed by atoms with Crippen LogP contribution in [-0.4, -0.2) is 23.2 Å². The number of phenols is 2. The molecule has 0 unspecified atom stereocenters. The lowest BCUT2D eigenvalue weighted by Crippen LogP contribution is -2.38. The molecule has 0 atom stereocenters. The minimum Gasteiger partial charge on any atom is -0.508 e. The van der Waals surface area contributed by atoms with Gasteiger partial charge < -0.3 is 10.2 Å². The van der Waals surface area contributed by atoms with Gasteiger partial charge in [0.05, 0.1) is 20.1 Å². The van der Waals surface area contributed by atoms with Gasteiger partial charge in [0.15, 0.2) is 4.75 Å². The van der Waals surface area contributed by atoms with Crippen LogP contribution in [0.25, 0.3) is 0 Å². The van der Waals surface area contributed by atoms with Gasteiger partial charge in [0, 0.05) is 16.7 Å². The fraction of sp³-hybridized carbons (Fsp3) is 0.0526. The fourth-order valence-corrected chi connectivity index (χ4v) is 5.56. The third-order valence-corrected chi connectivity index (χ3v) is 7.62. The maximum Gasteiger partial charge on any atom is 0.283 e. The highest BCUT2D eigenvalue weighted by Crippen LogP contribution is 2.54. The Kier molecular flexibility index (Phi) is 5.98. The molecule has 0 saturated heterocycles. The van der Waals surface area contributed by atoms with Gasteiger partial charge in [0.25, 0.3) is 10.1 Å². The van der Waals surface area contributed by atoms with Crippen LogP contribution in [0.4, 0.5) is 0 Å². The van der Waals surface area contributed by atoms with Crippen molar-refractivity contribution >= 4 is 56.5 Å². The predicted molar refractivity (Wildman–Crippen MR) is 114 cm³/mol. The molecule has 29 heavy (non-hydrogen) atoms. The van der Waals surface area contributed by atoms with Crippen LogP contribution in [0.1, 0.15) is 16.7 Å². The topological polar surface area (TPSA) is 94.8 Å². The summed E-state index contributed by atoms with van der Waals surface area (Å²) in [5, 5.41) is 20.2. The molecule has 0 spiro atoms. The van der Waals surface area contributed by atoms with Crippen LogP contribution in [-0.2, 0) is 14.9 Å². The highest BCUT2D eigenvalue weighted by molar-refractivity contribution is 7.87. The van der Waals surface area contributed by atoms with E-state index in [2.05, 4.69) is 0 Å². The van der Waals surface area contributed by atoms with Crippen LogP contribution in [0.3, 0.4) is 0 Å². The monoisotopic (exact) mass is 492 g/mol. The Morgan fingerprint density at radius 2 is 1.14 bits per heavy atom. The molecule has 0 aliphatic carbocycles. The lowest BCUT2D eigenvalue weighted by Gasteiger charge is -2.34. The Bertz CT molecular complexity index is 1170. The summed E-state index contributed by atoms with van der Waals surface area (Å²) in [6.45, 7) is 0. The normalized spacial score (nSPS) is 12.2. The van der Waals surface area contributed by atoms with Gasteiger partial charge in [0.2, 0.25) is 0 Å². The molecule has 3 rings (SSSR count). The van der Waals surface area contributed by atoms with E-state index < -0.39 is 26.4 Å². The van der Waals surface area contributed by atoms with E-state index in [0.29, 0.717) is 0 Å². The van der Waals surface area contributed by atoms with Crippen molar-refractivity contribution in [1.82, 2.24) is 0 Å². The Balaban J connectivity index is 2.67.